The van der Waals surface area contributed by atoms with Crippen LogP contribution in [-0.2, 0) is 11.3 Å². The molecule has 2 rings (SSSR count). The summed E-state index contributed by atoms with van der Waals surface area (Å²) in [5.74, 6) is 1.38. The zero-order valence-corrected chi connectivity index (χ0v) is 12.6. The molecule has 0 bridgehead atoms. The number of furan rings is 1. The summed E-state index contributed by atoms with van der Waals surface area (Å²) in [4.78, 5) is 13.6. The molecule has 1 heterocycles. The Bertz CT molecular complexity index is 634. The van der Waals surface area contributed by atoms with Gasteiger partial charge < -0.3 is 19.8 Å². The van der Waals surface area contributed by atoms with Crippen molar-refractivity contribution in [3.8, 4) is 0 Å². The number of nitrogens with zero attached hydrogens (tertiary/aromatic N) is 1. The Morgan fingerprint density at radius 1 is 1.33 bits per heavy atom. The van der Waals surface area contributed by atoms with Crippen LogP contribution in [0.3, 0.4) is 0 Å². The topological polar surface area (TPSA) is 68.7 Å². The molecular formula is C16H20N2O3. The molecule has 2 aromatic rings. The van der Waals surface area contributed by atoms with Crippen LogP contribution >= 0.6 is 0 Å². The Kier molecular flexibility index (Phi) is 4.52. The summed E-state index contributed by atoms with van der Waals surface area (Å²) in [6.45, 7) is 4.63. The van der Waals surface area contributed by atoms with E-state index in [2.05, 4.69) is 0 Å². The number of carbonyl (C=O) groups is 1. The molecule has 0 aliphatic heterocycles. The second kappa shape index (κ2) is 6.35. The standard InChI is InChI=1S/C16H20N2O3/c1-4-20-16(19)12-6-8-15(14(17)9-12)18(3)10-13-7-5-11(2)21-13/h5-9H,4,10,17H2,1-3H3. The first-order chi connectivity index (χ1) is 10.0. The maximum Gasteiger partial charge on any atom is 0.338 e. The van der Waals surface area contributed by atoms with E-state index in [1.807, 2.05) is 37.1 Å². The van der Waals surface area contributed by atoms with Gasteiger partial charge in [0.25, 0.3) is 0 Å². The van der Waals surface area contributed by atoms with Crippen molar-refractivity contribution in [2.45, 2.75) is 20.4 Å². The fourth-order valence-electron chi connectivity index (χ4n) is 2.13. The normalized spacial score (nSPS) is 10.4. The van der Waals surface area contributed by atoms with E-state index < -0.39 is 0 Å². The van der Waals surface area contributed by atoms with E-state index in [1.54, 1.807) is 19.1 Å². The Morgan fingerprint density at radius 3 is 2.67 bits per heavy atom. The summed E-state index contributed by atoms with van der Waals surface area (Å²) < 4.78 is 10.5. The number of esters is 1. The quantitative estimate of drug-likeness (QED) is 0.676. The van der Waals surface area contributed by atoms with Crippen LogP contribution in [0.4, 0.5) is 11.4 Å². The van der Waals surface area contributed by atoms with Crippen LogP contribution in [0.1, 0.15) is 28.8 Å². The number of benzene rings is 1. The highest BCUT2D eigenvalue weighted by Crippen LogP contribution is 2.25. The van der Waals surface area contributed by atoms with Gasteiger partial charge in [-0.05, 0) is 44.2 Å². The van der Waals surface area contributed by atoms with Gasteiger partial charge in [0.1, 0.15) is 11.5 Å². The van der Waals surface area contributed by atoms with Gasteiger partial charge in [-0.15, -0.1) is 0 Å². The number of rotatable bonds is 5. The first kappa shape index (κ1) is 15.0. The fourth-order valence-corrected chi connectivity index (χ4v) is 2.13. The smallest absolute Gasteiger partial charge is 0.338 e. The van der Waals surface area contributed by atoms with E-state index in [-0.39, 0.29) is 5.97 Å². The van der Waals surface area contributed by atoms with Gasteiger partial charge in [0.2, 0.25) is 0 Å². The second-order valence-corrected chi connectivity index (χ2v) is 4.86. The molecule has 0 aliphatic carbocycles. The number of nitrogens with two attached hydrogens (primary N) is 1. The summed E-state index contributed by atoms with van der Waals surface area (Å²) in [5.41, 5.74) is 7.87. The molecule has 0 saturated heterocycles. The average molecular weight is 288 g/mol. The van der Waals surface area contributed by atoms with E-state index in [9.17, 15) is 4.79 Å². The highest BCUT2D eigenvalue weighted by Gasteiger charge is 2.12. The number of aryl methyl sites for hydroxylation is 1. The van der Waals surface area contributed by atoms with Gasteiger partial charge in [0.15, 0.2) is 0 Å². The van der Waals surface area contributed by atoms with Gasteiger partial charge in [-0.25, -0.2) is 4.79 Å². The third-order valence-electron chi connectivity index (χ3n) is 3.14. The first-order valence-corrected chi connectivity index (χ1v) is 6.84. The Balaban J connectivity index is 2.14. The summed E-state index contributed by atoms with van der Waals surface area (Å²) in [6.07, 6.45) is 0. The average Bonchev–Trinajstić information content (AvgIpc) is 2.84. The maximum absolute atomic E-state index is 11.7. The molecule has 0 saturated carbocycles. The van der Waals surface area contributed by atoms with Crippen molar-refractivity contribution >= 4 is 17.3 Å². The fraction of sp³-hybridized carbons (Fsp3) is 0.312. The van der Waals surface area contributed by atoms with Crippen LogP contribution in [-0.4, -0.2) is 19.6 Å². The summed E-state index contributed by atoms with van der Waals surface area (Å²) in [6, 6.07) is 9.04. The van der Waals surface area contributed by atoms with Crippen LogP contribution in [0.2, 0.25) is 0 Å². The van der Waals surface area contributed by atoms with E-state index in [0.29, 0.717) is 24.4 Å². The molecule has 1 aromatic heterocycles. The van der Waals surface area contributed by atoms with Gasteiger partial charge in [-0.2, -0.15) is 0 Å². The van der Waals surface area contributed by atoms with E-state index in [4.69, 9.17) is 14.9 Å². The molecule has 21 heavy (non-hydrogen) atoms. The lowest BCUT2D eigenvalue weighted by Gasteiger charge is -2.20. The largest absolute Gasteiger partial charge is 0.464 e. The molecule has 0 fully saturated rings. The van der Waals surface area contributed by atoms with Gasteiger partial charge in [-0.3, -0.25) is 0 Å². The van der Waals surface area contributed by atoms with Gasteiger partial charge in [0, 0.05) is 7.05 Å². The Labute approximate surface area is 124 Å². The number of anilines is 2. The Morgan fingerprint density at radius 2 is 2.10 bits per heavy atom. The molecule has 0 unspecified atom stereocenters. The molecular weight excluding hydrogens is 268 g/mol. The number of nitrogen functional groups attached to an aromatic ring is 1. The highest BCUT2D eigenvalue weighted by molar-refractivity contribution is 5.92. The SMILES string of the molecule is CCOC(=O)c1ccc(N(C)Cc2ccc(C)o2)c(N)c1. The van der Waals surface area contributed by atoms with Crippen molar-refractivity contribution in [3.63, 3.8) is 0 Å². The molecule has 0 spiro atoms. The second-order valence-electron chi connectivity index (χ2n) is 4.86. The minimum absolute atomic E-state index is 0.345. The lowest BCUT2D eigenvalue weighted by molar-refractivity contribution is 0.0526. The van der Waals surface area contributed by atoms with Gasteiger partial charge in [0.05, 0.1) is 30.1 Å². The Hall–Kier alpha value is -2.43. The molecule has 0 radical (unpaired) electrons. The summed E-state index contributed by atoms with van der Waals surface area (Å²) in [5, 5.41) is 0. The third kappa shape index (κ3) is 3.56. The minimum Gasteiger partial charge on any atom is -0.464 e. The van der Waals surface area contributed by atoms with Crippen molar-refractivity contribution < 1.29 is 13.9 Å². The lowest BCUT2D eigenvalue weighted by Crippen LogP contribution is -2.18. The molecule has 0 aliphatic rings. The highest BCUT2D eigenvalue weighted by atomic mass is 16.5. The molecule has 0 amide bonds. The summed E-state index contributed by atoms with van der Waals surface area (Å²) in [7, 11) is 1.92. The van der Waals surface area contributed by atoms with Crippen LogP contribution in [0.15, 0.2) is 34.7 Å². The molecule has 0 atom stereocenters. The first-order valence-electron chi connectivity index (χ1n) is 6.84. The molecule has 5 heteroatoms. The lowest BCUT2D eigenvalue weighted by atomic mass is 10.1. The van der Waals surface area contributed by atoms with Crippen molar-refractivity contribution in [2.24, 2.45) is 0 Å². The number of hydrogen-bond acceptors (Lipinski definition) is 5. The van der Waals surface area contributed by atoms with E-state index in [0.717, 1.165) is 17.2 Å². The van der Waals surface area contributed by atoms with Crippen molar-refractivity contribution in [1.29, 1.82) is 0 Å². The number of hydrogen-bond donors (Lipinski definition) is 1. The molecule has 2 N–H and O–H groups in total. The third-order valence-corrected chi connectivity index (χ3v) is 3.14. The zero-order chi connectivity index (χ0) is 15.4. The summed E-state index contributed by atoms with van der Waals surface area (Å²) >= 11 is 0. The van der Waals surface area contributed by atoms with Crippen LogP contribution in [0.25, 0.3) is 0 Å². The number of ether oxygens (including phenoxy) is 1. The molecule has 112 valence electrons. The molecule has 1 aromatic carbocycles. The maximum atomic E-state index is 11.7. The van der Waals surface area contributed by atoms with E-state index >= 15 is 0 Å². The molecule has 5 nitrogen and oxygen atoms in total. The van der Waals surface area contributed by atoms with Crippen molar-refractivity contribution in [1.82, 2.24) is 0 Å². The van der Waals surface area contributed by atoms with Gasteiger partial charge >= 0.3 is 5.97 Å². The van der Waals surface area contributed by atoms with Crippen LogP contribution < -0.4 is 10.6 Å². The minimum atomic E-state index is -0.361. The predicted octanol–water partition coefficient (Wildman–Crippen LogP) is 2.98. The van der Waals surface area contributed by atoms with Crippen molar-refractivity contribution in [2.75, 3.05) is 24.3 Å². The predicted molar refractivity (Wildman–Crippen MR) is 82.4 cm³/mol. The van der Waals surface area contributed by atoms with E-state index in [1.165, 1.54) is 0 Å². The van der Waals surface area contributed by atoms with Crippen LogP contribution in [0.5, 0.6) is 0 Å². The van der Waals surface area contributed by atoms with Crippen LogP contribution in [0, 0.1) is 6.92 Å². The van der Waals surface area contributed by atoms with Crippen molar-refractivity contribution in [3.05, 3.63) is 47.4 Å². The van der Waals surface area contributed by atoms with Gasteiger partial charge in [-0.1, -0.05) is 0 Å². The number of carbonyl (C=O) groups excluding carboxylic acids is 1. The zero-order valence-electron chi connectivity index (χ0n) is 12.6. The monoisotopic (exact) mass is 288 g/mol.